The van der Waals surface area contributed by atoms with Gasteiger partial charge in [0, 0.05) is 52.6 Å². The SMILES string of the molecule is Nc1ccc2c(c1)nc(N1CCC(c3cccnc3)C1)c1ccsc12. The molecule has 3 aromatic heterocycles. The topological polar surface area (TPSA) is 55.0 Å². The average Bonchev–Trinajstić information content (AvgIpc) is 3.31. The zero-order valence-electron chi connectivity index (χ0n) is 13.7. The minimum absolute atomic E-state index is 0.515. The van der Waals surface area contributed by atoms with E-state index < -0.39 is 0 Å². The number of anilines is 2. The number of hydrogen-bond acceptors (Lipinski definition) is 5. The Labute approximate surface area is 149 Å². The highest BCUT2D eigenvalue weighted by Crippen LogP contribution is 2.38. The fraction of sp³-hybridized carbons (Fsp3) is 0.200. The van der Waals surface area contributed by atoms with Crippen molar-refractivity contribution in [3.63, 3.8) is 0 Å². The van der Waals surface area contributed by atoms with Crippen LogP contribution in [0.5, 0.6) is 0 Å². The third-order valence-corrected chi connectivity index (χ3v) is 5.99. The molecule has 1 fully saturated rings. The molecule has 0 amide bonds. The Bertz CT molecular complexity index is 1060. The average molecular weight is 346 g/mol. The summed E-state index contributed by atoms with van der Waals surface area (Å²) in [7, 11) is 0. The molecule has 1 atom stereocenters. The van der Waals surface area contributed by atoms with Crippen LogP contribution in [0.1, 0.15) is 17.9 Å². The van der Waals surface area contributed by atoms with Crippen molar-refractivity contribution >= 4 is 43.8 Å². The highest BCUT2D eigenvalue weighted by molar-refractivity contribution is 7.18. The zero-order chi connectivity index (χ0) is 16.8. The van der Waals surface area contributed by atoms with E-state index in [9.17, 15) is 0 Å². The molecule has 4 heterocycles. The van der Waals surface area contributed by atoms with E-state index in [1.165, 1.54) is 21.0 Å². The van der Waals surface area contributed by atoms with Gasteiger partial charge in [-0.25, -0.2) is 4.98 Å². The Hall–Kier alpha value is -2.66. The maximum atomic E-state index is 5.99. The lowest BCUT2D eigenvalue weighted by atomic mass is 10.0. The van der Waals surface area contributed by atoms with Crippen LogP contribution in [0.3, 0.4) is 0 Å². The van der Waals surface area contributed by atoms with Crippen LogP contribution in [0.2, 0.25) is 0 Å². The molecule has 1 saturated heterocycles. The molecule has 5 rings (SSSR count). The van der Waals surface area contributed by atoms with Crippen molar-refractivity contribution in [2.24, 2.45) is 0 Å². The van der Waals surface area contributed by atoms with Gasteiger partial charge in [0.1, 0.15) is 5.82 Å². The first-order valence-electron chi connectivity index (χ1n) is 8.51. The van der Waals surface area contributed by atoms with Crippen molar-refractivity contribution in [1.29, 1.82) is 0 Å². The molecule has 0 spiro atoms. The van der Waals surface area contributed by atoms with E-state index in [1.807, 2.05) is 30.6 Å². The molecule has 1 aromatic carbocycles. The lowest BCUT2D eigenvalue weighted by molar-refractivity contribution is 0.769. The van der Waals surface area contributed by atoms with Gasteiger partial charge in [-0.2, -0.15) is 0 Å². The number of nitrogens with zero attached hydrogens (tertiary/aromatic N) is 3. The van der Waals surface area contributed by atoms with Crippen molar-refractivity contribution in [3.05, 3.63) is 59.7 Å². The maximum absolute atomic E-state index is 5.99. The zero-order valence-corrected chi connectivity index (χ0v) is 14.5. The Morgan fingerprint density at radius 3 is 3.00 bits per heavy atom. The molecular formula is C20H18N4S. The van der Waals surface area contributed by atoms with Gasteiger partial charge in [0.25, 0.3) is 0 Å². The van der Waals surface area contributed by atoms with Crippen molar-refractivity contribution < 1.29 is 0 Å². The summed E-state index contributed by atoms with van der Waals surface area (Å²) in [6.45, 7) is 2.00. The number of rotatable bonds is 2. The van der Waals surface area contributed by atoms with Gasteiger partial charge in [0.15, 0.2) is 0 Å². The number of thiophene rings is 1. The van der Waals surface area contributed by atoms with Gasteiger partial charge < -0.3 is 10.6 Å². The quantitative estimate of drug-likeness (QED) is 0.546. The van der Waals surface area contributed by atoms with Crippen LogP contribution in [-0.4, -0.2) is 23.1 Å². The molecule has 1 unspecified atom stereocenters. The first kappa shape index (κ1) is 14.7. The molecule has 0 radical (unpaired) electrons. The molecule has 4 aromatic rings. The number of nitrogen functional groups attached to an aromatic ring is 1. The van der Waals surface area contributed by atoms with Gasteiger partial charge in [0.05, 0.1) is 5.52 Å². The Kier molecular flexibility index (Phi) is 3.35. The minimum atomic E-state index is 0.515. The second-order valence-electron chi connectivity index (χ2n) is 6.59. The van der Waals surface area contributed by atoms with Gasteiger partial charge in [-0.15, -0.1) is 11.3 Å². The highest BCUT2D eigenvalue weighted by Gasteiger charge is 2.26. The predicted octanol–water partition coefficient (Wildman–Crippen LogP) is 4.42. The van der Waals surface area contributed by atoms with E-state index in [0.29, 0.717) is 5.92 Å². The van der Waals surface area contributed by atoms with Crippen molar-refractivity contribution in [2.75, 3.05) is 23.7 Å². The lowest BCUT2D eigenvalue weighted by Gasteiger charge is -2.19. The second-order valence-corrected chi connectivity index (χ2v) is 7.51. The minimum Gasteiger partial charge on any atom is -0.399 e. The van der Waals surface area contributed by atoms with E-state index in [2.05, 4.69) is 33.5 Å². The number of pyridine rings is 2. The third kappa shape index (κ3) is 2.43. The summed E-state index contributed by atoms with van der Waals surface area (Å²) < 4.78 is 1.30. The summed E-state index contributed by atoms with van der Waals surface area (Å²) in [6, 6.07) is 12.4. The second kappa shape index (κ2) is 5.70. The van der Waals surface area contributed by atoms with Gasteiger partial charge in [-0.1, -0.05) is 6.07 Å². The van der Waals surface area contributed by atoms with E-state index in [1.54, 1.807) is 11.3 Å². The van der Waals surface area contributed by atoms with Crippen molar-refractivity contribution in [3.8, 4) is 0 Å². The van der Waals surface area contributed by atoms with Gasteiger partial charge >= 0.3 is 0 Å². The normalized spacial score (nSPS) is 17.6. The molecular weight excluding hydrogens is 328 g/mol. The summed E-state index contributed by atoms with van der Waals surface area (Å²) in [6.07, 6.45) is 4.96. The van der Waals surface area contributed by atoms with Crippen LogP contribution < -0.4 is 10.6 Å². The fourth-order valence-corrected chi connectivity index (χ4v) is 4.71. The third-order valence-electron chi connectivity index (χ3n) is 5.04. The number of benzene rings is 1. The number of aromatic nitrogens is 2. The fourth-order valence-electron chi connectivity index (χ4n) is 3.78. The largest absolute Gasteiger partial charge is 0.399 e. The van der Waals surface area contributed by atoms with Crippen LogP contribution in [0, 0.1) is 0 Å². The lowest BCUT2D eigenvalue weighted by Crippen LogP contribution is -2.20. The predicted molar refractivity (Wildman–Crippen MR) is 105 cm³/mol. The molecule has 0 aliphatic carbocycles. The molecule has 2 N–H and O–H groups in total. The molecule has 5 heteroatoms. The van der Waals surface area contributed by atoms with Crippen LogP contribution in [0.15, 0.2) is 54.2 Å². The van der Waals surface area contributed by atoms with Crippen molar-refractivity contribution in [2.45, 2.75) is 12.3 Å². The van der Waals surface area contributed by atoms with E-state index in [4.69, 9.17) is 10.7 Å². The van der Waals surface area contributed by atoms with E-state index in [-0.39, 0.29) is 0 Å². The Morgan fingerprint density at radius 2 is 2.12 bits per heavy atom. The van der Waals surface area contributed by atoms with Gasteiger partial charge in [-0.3, -0.25) is 4.98 Å². The first-order chi connectivity index (χ1) is 12.3. The van der Waals surface area contributed by atoms with E-state index in [0.717, 1.165) is 36.5 Å². The van der Waals surface area contributed by atoms with E-state index >= 15 is 0 Å². The van der Waals surface area contributed by atoms with Crippen LogP contribution in [0.4, 0.5) is 11.5 Å². The summed E-state index contributed by atoms with van der Waals surface area (Å²) >= 11 is 1.78. The van der Waals surface area contributed by atoms with Crippen LogP contribution in [-0.2, 0) is 0 Å². The molecule has 0 saturated carbocycles. The standard InChI is InChI=1S/C20H18N4S/c21-15-3-4-16-18(10-15)23-20(17-6-9-25-19(16)17)24-8-5-14(12-24)13-2-1-7-22-11-13/h1-4,6-7,9-11,14H,5,8,12,21H2. The van der Waals surface area contributed by atoms with Crippen LogP contribution >= 0.6 is 11.3 Å². The number of hydrogen-bond donors (Lipinski definition) is 1. The Balaban J connectivity index is 1.59. The van der Waals surface area contributed by atoms with Crippen LogP contribution in [0.25, 0.3) is 21.0 Å². The Morgan fingerprint density at radius 1 is 1.16 bits per heavy atom. The van der Waals surface area contributed by atoms with Gasteiger partial charge in [-0.05, 0) is 47.7 Å². The summed E-state index contributed by atoms with van der Waals surface area (Å²) in [5.41, 5.74) is 9.05. The molecule has 124 valence electrons. The summed E-state index contributed by atoms with van der Waals surface area (Å²) in [4.78, 5) is 11.7. The van der Waals surface area contributed by atoms with Gasteiger partial charge in [0.2, 0.25) is 0 Å². The molecule has 0 bridgehead atoms. The summed E-state index contributed by atoms with van der Waals surface area (Å²) in [5.74, 6) is 1.60. The molecule has 1 aliphatic heterocycles. The van der Waals surface area contributed by atoms with Crippen molar-refractivity contribution in [1.82, 2.24) is 9.97 Å². The molecule has 25 heavy (non-hydrogen) atoms. The monoisotopic (exact) mass is 346 g/mol. The molecule has 1 aliphatic rings. The summed E-state index contributed by atoms with van der Waals surface area (Å²) in [5, 5.41) is 4.58. The smallest absolute Gasteiger partial charge is 0.138 e. The molecule has 4 nitrogen and oxygen atoms in total. The number of fused-ring (bicyclic) bond motifs is 3. The number of nitrogens with two attached hydrogens (primary N) is 1. The maximum Gasteiger partial charge on any atom is 0.138 e. The first-order valence-corrected chi connectivity index (χ1v) is 9.39. The highest BCUT2D eigenvalue weighted by atomic mass is 32.1.